The Hall–Kier alpha value is -3.20. The van der Waals surface area contributed by atoms with Crippen molar-refractivity contribution in [1.29, 1.82) is 0 Å². The quantitative estimate of drug-likeness (QED) is 0.707. The lowest BCUT2D eigenvalue weighted by Crippen LogP contribution is -2.57. The first-order chi connectivity index (χ1) is 14.2. The number of halogens is 1. The molecule has 2 heterocycles. The molecule has 1 aromatic carbocycles. The fourth-order valence-electron chi connectivity index (χ4n) is 3.80. The zero-order chi connectivity index (χ0) is 21.8. The molecule has 0 unspecified atom stereocenters. The molecule has 30 heavy (non-hydrogen) atoms. The van der Waals surface area contributed by atoms with Gasteiger partial charge in [-0.2, -0.15) is 0 Å². The standard InChI is InChI=1S/C21H26FN5O3/c1-13-7-8-17(9-23-13)24-20(28)25-18-6-4-5-16(19(18)22)12-26-10-14(2)27(21(29)30)15(3)11-26/h4-9,14-15H,10-12H2,1-3H3,(H,29,30)(H2,24,25,28)/t14-,15+. The number of urea groups is 1. The van der Waals surface area contributed by atoms with Crippen molar-refractivity contribution in [2.45, 2.75) is 39.4 Å². The number of nitrogens with one attached hydrogen (secondary N) is 2. The Labute approximate surface area is 174 Å². The SMILES string of the molecule is Cc1ccc(NC(=O)Nc2cccc(CN3C[C@@H](C)N(C(=O)O)[C@@H](C)C3)c2F)cn1. The van der Waals surface area contributed by atoms with Gasteiger partial charge in [0, 0.05) is 43.0 Å². The summed E-state index contributed by atoms with van der Waals surface area (Å²) in [7, 11) is 0. The van der Waals surface area contributed by atoms with Crippen LogP contribution < -0.4 is 10.6 Å². The van der Waals surface area contributed by atoms with Gasteiger partial charge in [0.25, 0.3) is 0 Å². The van der Waals surface area contributed by atoms with Gasteiger partial charge < -0.3 is 20.6 Å². The molecule has 160 valence electrons. The first-order valence-electron chi connectivity index (χ1n) is 9.76. The number of piperazine rings is 1. The predicted molar refractivity (Wildman–Crippen MR) is 112 cm³/mol. The number of aryl methyl sites for hydroxylation is 1. The highest BCUT2D eigenvalue weighted by Crippen LogP contribution is 2.23. The van der Waals surface area contributed by atoms with Gasteiger partial charge in [-0.05, 0) is 39.0 Å². The van der Waals surface area contributed by atoms with E-state index in [1.165, 1.54) is 17.2 Å². The van der Waals surface area contributed by atoms with Crippen LogP contribution in [0.2, 0.25) is 0 Å². The first kappa shape index (κ1) is 21.5. The second-order valence-corrected chi connectivity index (χ2v) is 7.63. The number of nitrogens with zero attached hydrogens (tertiary/aromatic N) is 3. The molecule has 0 spiro atoms. The Kier molecular flexibility index (Phi) is 6.51. The average molecular weight is 415 g/mol. The molecule has 8 nitrogen and oxygen atoms in total. The highest BCUT2D eigenvalue weighted by Gasteiger charge is 2.33. The summed E-state index contributed by atoms with van der Waals surface area (Å²) in [5.41, 5.74) is 1.85. The molecule has 1 aromatic heterocycles. The summed E-state index contributed by atoms with van der Waals surface area (Å²) in [6.07, 6.45) is 0.586. The summed E-state index contributed by atoms with van der Waals surface area (Å²) in [6, 6.07) is 7.39. The highest BCUT2D eigenvalue weighted by molar-refractivity contribution is 5.99. The normalized spacial score (nSPS) is 19.4. The van der Waals surface area contributed by atoms with Crippen LogP contribution in [0.1, 0.15) is 25.1 Å². The van der Waals surface area contributed by atoms with Crippen molar-refractivity contribution >= 4 is 23.5 Å². The summed E-state index contributed by atoms with van der Waals surface area (Å²) >= 11 is 0. The van der Waals surface area contributed by atoms with E-state index >= 15 is 0 Å². The van der Waals surface area contributed by atoms with E-state index in [2.05, 4.69) is 15.6 Å². The predicted octanol–water partition coefficient (Wildman–Crippen LogP) is 3.75. The molecule has 0 aliphatic carbocycles. The smallest absolute Gasteiger partial charge is 0.407 e. The Balaban J connectivity index is 1.65. The lowest BCUT2D eigenvalue weighted by Gasteiger charge is -2.43. The van der Waals surface area contributed by atoms with Crippen molar-refractivity contribution in [3.8, 4) is 0 Å². The van der Waals surface area contributed by atoms with Gasteiger partial charge in [-0.1, -0.05) is 12.1 Å². The largest absolute Gasteiger partial charge is 0.465 e. The van der Waals surface area contributed by atoms with Gasteiger partial charge in [0.05, 0.1) is 17.6 Å². The van der Waals surface area contributed by atoms with E-state index in [1.807, 2.05) is 25.7 Å². The molecule has 2 atom stereocenters. The van der Waals surface area contributed by atoms with Crippen LogP contribution in [-0.2, 0) is 6.54 Å². The van der Waals surface area contributed by atoms with Crippen molar-refractivity contribution in [3.05, 3.63) is 53.6 Å². The molecule has 0 bridgehead atoms. The maximum atomic E-state index is 15.0. The number of hydrogen-bond acceptors (Lipinski definition) is 4. The molecule has 2 aromatic rings. The van der Waals surface area contributed by atoms with Crippen LogP contribution in [0.3, 0.4) is 0 Å². The van der Waals surface area contributed by atoms with Crippen LogP contribution in [0.4, 0.5) is 25.4 Å². The summed E-state index contributed by atoms with van der Waals surface area (Å²) in [5.74, 6) is -0.504. The third kappa shape index (κ3) is 5.04. The monoisotopic (exact) mass is 415 g/mol. The molecule has 3 N–H and O–H groups in total. The maximum absolute atomic E-state index is 15.0. The van der Waals surface area contributed by atoms with Crippen LogP contribution >= 0.6 is 0 Å². The summed E-state index contributed by atoms with van der Waals surface area (Å²) in [4.78, 5) is 31.2. The fraction of sp³-hybridized carbons (Fsp3) is 0.381. The zero-order valence-corrected chi connectivity index (χ0v) is 17.2. The van der Waals surface area contributed by atoms with Gasteiger partial charge in [0.1, 0.15) is 0 Å². The second-order valence-electron chi connectivity index (χ2n) is 7.63. The van der Waals surface area contributed by atoms with E-state index in [1.54, 1.807) is 24.3 Å². The average Bonchev–Trinajstić information content (AvgIpc) is 2.66. The van der Waals surface area contributed by atoms with E-state index in [0.717, 1.165) is 5.69 Å². The topological polar surface area (TPSA) is 97.8 Å². The third-order valence-corrected chi connectivity index (χ3v) is 5.11. The van der Waals surface area contributed by atoms with Crippen molar-refractivity contribution in [2.24, 2.45) is 0 Å². The molecule has 1 fully saturated rings. The fourth-order valence-corrected chi connectivity index (χ4v) is 3.80. The van der Waals surface area contributed by atoms with Crippen LogP contribution in [0.5, 0.6) is 0 Å². The van der Waals surface area contributed by atoms with E-state index in [0.29, 0.717) is 30.9 Å². The Bertz CT molecular complexity index is 909. The molecule has 1 aliphatic heterocycles. The first-order valence-corrected chi connectivity index (χ1v) is 9.76. The lowest BCUT2D eigenvalue weighted by molar-refractivity contribution is 0.0377. The molecular formula is C21H26FN5O3. The van der Waals surface area contributed by atoms with Crippen molar-refractivity contribution < 1.29 is 19.1 Å². The Morgan fingerprint density at radius 1 is 1.17 bits per heavy atom. The molecule has 9 heteroatoms. The summed E-state index contributed by atoms with van der Waals surface area (Å²) in [5, 5.41) is 14.5. The number of amides is 3. The van der Waals surface area contributed by atoms with Crippen LogP contribution in [0.25, 0.3) is 0 Å². The lowest BCUT2D eigenvalue weighted by atomic mass is 10.1. The summed E-state index contributed by atoms with van der Waals surface area (Å²) in [6.45, 7) is 6.87. The second kappa shape index (κ2) is 9.08. The van der Waals surface area contributed by atoms with Crippen LogP contribution in [0.15, 0.2) is 36.5 Å². The number of benzene rings is 1. The molecule has 0 saturated carbocycles. The Morgan fingerprint density at radius 2 is 1.87 bits per heavy atom. The Morgan fingerprint density at radius 3 is 2.47 bits per heavy atom. The van der Waals surface area contributed by atoms with Gasteiger partial charge in [-0.15, -0.1) is 0 Å². The van der Waals surface area contributed by atoms with Gasteiger partial charge in [0.2, 0.25) is 0 Å². The number of rotatable bonds is 4. The number of carbonyl (C=O) groups excluding carboxylic acids is 1. The van der Waals surface area contributed by atoms with E-state index in [9.17, 15) is 19.1 Å². The van der Waals surface area contributed by atoms with E-state index in [-0.39, 0.29) is 17.8 Å². The highest BCUT2D eigenvalue weighted by atomic mass is 19.1. The van der Waals surface area contributed by atoms with Crippen molar-refractivity contribution in [3.63, 3.8) is 0 Å². The van der Waals surface area contributed by atoms with Gasteiger partial charge in [-0.25, -0.2) is 14.0 Å². The molecular weight excluding hydrogens is 389 g/mol. The van der Waals surface area contributed by atoms with E-state index < -0.39 is 17.9 Å². The zero-order valence-electron chi connectivity index (χ0n) is 17.2. The molecule has 3 amide bonds. The number of anilines is 2. The van der Waals surface area contributed by atoms with E-state index in [4.69, 9.17) is 0 Å². The van der Waals surface area contributed by atoms with Gasteiger partial charge in [0.15, 0.2) is 5.82 Å². The van der Waals surface area contributed by atoms with Crippen molar-refractivity contribution in [1.82, 2.24) is 14.8 Å². The third-order valence-electron chi connectivity index (χ3n) is 5.11. The van der Waals surface area contributed by atoms with Gasteiger partial charge in [-0.3, -0.25) is 9.88 Å². The minimum atomic E-state index is -0.943. The maximum Gasteiger partial charge on any atom is 0.407 e. The molecule has 1 saturated heterocycles. The molecule has 3 rings (SSSR count). The summed E-state index contributed by atoms with van der Waals surface area (Å²) < 4.78 is 15.0. The number of pyridine rings is 1. The number of hydrogen-bond donors (Lipinski definition) is 3. The van der Waals surface area contributed by atoms with Crippen LogP contribution in [-0.4, -0.2) is 57.2 Å². The van der Waals surface area contributed by atoms with Crippen molar-refractivity contribution in [2.75, 3.05) is 23.7 Å². The van der Waals surface area contributed by atoms with Crippen LogP contribution in [0, 0.1) is 12.7 Å². The van der Waals surface area contributed by atoms with Gasteiger partial charge >= 0.3 is 12.1 Å². The molecule has 0 radical (unpaired) electrons. The number of carbonyl (C=O) groups is 2. The minimum absolute atomic E-state index is 0.0790. The number of aromatic nitrogens is 1. The molecule has 1 aliphatic rings. The minimum Gasteiger partial charge on any atom is -0.465 e. The number of carboxylic acid groups (broad SMARTS) is 1.